The van der Waals surface area contributed by atoms with Gasteiger partial charge in [-0.3, -0.25) is 9.36 Å². The van der Waals surface area contributed by atoms with E-state index in [2.05, 4.69) is 4.98 Å². The van der Waals surface area contributed by atoms with Crippen molar-refractivity contribution in [3.8, 4) is 6.01 Å². The van der Waals surface area contributed by atoms with Crippen LogP contribution in [-0.4, -0.2) is 54.4 Å². The van der Waals surface area contributed by atoms with Crippen molar-refractivity contribution in [2.24, 2.45) is 0 Å². The Hall–Kier alpha value is -2.58. The molecule has 0 aliphatic carbocycles. The summed E-state index contributed by atoms with van der Waals surface area (Å²) < 4.78 is 7.48. The molecule has 1 amide bonds. The molecule has 136 valence electrons. The fraction of sp³-hybridized carbons (Fsp3) is 0.625. The van der Waals surface area contributed by atoms with Gasteiger partial charge in [-0.2, -0.15) is 0 Å². The number of hydrogen-bond acceptors (Lipinski definition) is 6. The number of carbonyl (C=O) groups excluding carboxylic acids is 1. The number of carbonyl (C=O) groups is 1. The van der Waals surface area contributed by atoms with Crippen molar-refractivity contribution in [1.82, 2.24) is 19.4 Å². The predicted molar refractivity (Wildman–Crippen MR) is 89.8 cm³/mol. The molecule has 1 atom stereocenters. The molecule has 9 nitrogen and oxygen atoms in total. The zero-order valence-corrected chi connectivity index (χ0v) is 14.9. The van der Waals surface area contributed by atoms with Crippen LogP contribution >= 0.6 is 0 Å². The molecule has 9 heteroatoms. The van der Waals surface area contributed by atoms with Crippen molar-refractivity contribution in [1.29, 1.82) is 0 Å². The second kappa shape index (κ2) is 5.75. The standard InChI is InChI=1S/C16H23N5O4/c1-15(2,3)20-8-7-18(10-13(20)22)6-5-16(4)11-19-9-12(21(23)24)17-14(19)25-16/h7-9H,5-6,10-11H2,1-4H3. The summed E-state index contributed by atoms with van der Waals surface area (Å²) in [6, 6.07) is 0.276. The highest BCUT2D eigenvalue weighted by Gasteiger charge is 2.40. The number of aromatic nitrogens is 2. The minimum absolute atomic E-state index is 0.0658. The Labute approximate surface area is 146 Å². The van der Waals surface area contributed by atoms with Gasteiger partial charge in [0, 0.05) is 35.9 Å². The summed E-state index contributed by atoms with van der Waals surface area (Å²) in [6.07, 6.45) is 5.82. The number of amides is 1. The molecular weight excluding hydrogens is 326 g/mol. The SMILES string of the molecule is CC1(CCN2C=CN(C(C)(C)C)C(=O)C2)Cn2cc([N+](=O)[O-])nc2O1. The lowest BCUT2D eigenvalue weighted by molar-refractivity contribution is -0.389. The maximum Gasteiger partial charge on any atom is 0.414 e. The quantitative estimate of drug-likeness (QED) is 0.607. The van der Waals surface area contributed by atoms with E-state index in [9.17, 15) is 14.9 Å². The highest BCUT2D eigenvalue weighted by atomic mass is 16.6. The average molecular weight is 349 g/mol. The van der Waals surface area contributed by atoms with E-state index < -0.39 is 10.5 Å². The van der Waals surface area contributed by atoms with Gasteiger partial charge < -0.3 is 24.7 Å². The van der Waals surface area contributed by atoms with Crippen LogP contribution in [0.15, 0.2) is 18.6 Å². The summed E-state index contributed by atoms with van der Waals surface area (Å²) >= 11 is 0. The highest BCUT2D eigenvalue weighted by molar-refractivity contribution is 5.81. The molecule has 0 radical (unpaired) electrons. The van der Waals surface area contributed by atoms with Crippen LogP contribution in [0.3, 0.4) is 0 Å². The first-order valence-electron chi connectivity index (χ1n) is 8.23. The van der Waals surface area contributed by atoms with Crippen molar-refractivity contribution in [2.45, 2.75) is 51.8 Å². The van der Waals surface area contributed by atoms with E-state index in [0.717, 1.165) is 0 Å². The van der Waals surface area contributed by atoms with Gasteiger partial charge in [-0.25, -0.2) is 0 Å². The van der Waals surface area contributed by atoms with Crippen LogP contribution in [0.2, 0.25) is 0 Å². The predicted octanol–water partition coefficient (Wildman–Crippen LogP) is 1.75. The van der Waals surface area contributed by atoms with Gasteiger partial charge in [0.25, 0.3) is 0 Å². The molecule has 2 aliphatic rings. The minimum Gasteiger partial charge on any atom is -0.438 e. The van der Waals surface area contributed by atoms with Gasteiger partial charge in [0.15, 0.2) is 0 Å². The van der Waals surface area contributed by atoms with E-state index in [4.69, 9.17) is 4.74 Å². The number of hydrogen-bond donors (Lipinski definition) is 0. The fourth-order valence-corrected chi connectivity index (χ4v) is 3.09. The Bertz CT molecular complexity index is 710. The van der Waals surface area contributed by atoms with Gasteiger partial charge in [0.1, 0.15) is 11.8 Å². The van der Waals surface area contributed by atoms with Crippen LogP contribution in [0, 0.1) is 10.1 Å². The maximum absolute atomic E-state index is 12.3. The van der Waals surface area contributed by atoms with Crippen molar-refractivity contribution >= 4 is 11.7 Å². The van der Waals surface area contributed by atoms with Crippen LogP contribution in [0.25, 0.3) is 0 Å². The molecule has 0 fully saturated rings. The second-order valence-corrected chi connectivity index (χ2v) is 7.77. The van der Waals surface area contributed by atoms with Crippen LogP contribution in [0.5, 0.6) is 6.01 Å². The Kier molecular flexibility index (Phi) is 3.97. The van der Waals surface area contributed by atoms with Crippen molar-refractivity contribution in [3.63, 3.8) is 0 Å². The van der Waals surface area contributed by atoms with E-state index in [0.29, 0.717) is 26.1 Å². The maximum atomic E-state index is 12.3. The lowest BCUT2D eigenvalue weighted by atomic mass is 10.0. The Balaban J connectivity index is 1.58. The monoisotopic (exact) mass is 349 g/mol. The van der Waals surface area contributed by atoms with Gasteiger partial charge in [0.2, 0.25) is 5.91 Å². The zero-order chi connectivity index (χ0) is 18.4. The molecule has 0 spiro atoms. The first kappa shape index (κ1) is 17.2. The van der Waals surface area contributed by atoms with Crippen LogP contribution < -0.4 is 4.74 Å². The smallest absolute Gasteiger partial charge is 0.414 e. The van der Waals surface area contributed by atoms with Crippen LogP contribution in [0.4, 0.5) is 5.82 Å². The molecule has 3 rings (SSSR count). The van der Waals surface area contributed by atoms with Crippen LogP contribution in [-0.2, 0) is 11.3 Å². The molecule has 3 heterocycles. The topological polar surface area (TPSA) is 93.7 Å². The molecule has 0 saturated carbocycles. The van der Waals surface area contributed by atoms with Gasteiger partial charge in [-0.15, -0.1) is 0 Å². The van der Waals surface area contributed by atoms with Gasteiger partial charge in [0.05, 0.1) is 13.1 Å². The summed E-state index contributed by atoms with van der Waals surface area (Å²) in [7, 11) is 0. The molecule has 0 bridgehead atoms. The van der Waals surface area contributed by atoms with Gasteiger partial charge >= 0.3 is 11.8 Å². The van der Waals surface area contributed by atoms with Gasteiger partial charge in [-0.1, -0.05) is 0 Å². The number of rotatable bonds is 4. The minimum atomic E-state index is -0.531. The van der Waals surface area contributed by atoms with E-state index in [1.165, 1.54) is 6.20 Å². The molecule has 0 aromatic carbocycles. The number of nitrogens with zero attached hydrogens (tertiary/aromatic N) is 5. The third-order valence-electron chi connectivity index (χ3n) is 4.44. The van der Waals surface area contributed by atoms with E-state index >= 15 is 0 Å². The highest BCUT2D eigenvalue weighted by Crippen LogP contribution is 2.33. The molecule has 1 unspecified atom stereocenters. The fourth-order valence-electron chi connectivity index (χ4n) is 3.09. The third-order valence-corrected chi connectivity index (χ3v) is 4.44. The largest absolute Gasteiger partial charge is 0.438 e. The number of fused-ring (bicyclic) bond motifs is 1. The molecule has 1 aromatic rings. The Morgan fingerprint density at radius 1 is 1.40 bits per heavy atom. The number of imidazole rings is 1. The summed E-state index contributed by atoms with van der Waals surface area (Å²) in [6.45, 7) is 9.44. The second-order valence-electron chi connectivity index (χ2n) is 7.77. The van der Waals surface area contributed by atoms with E-state index in [-0.39, 0.29) is 23.3 Å². The molecule has 2 aliphatic heterocycles. The van der Waals surface area contributed by atoms with E-state index in [1.54, 1.807) is 9.47 Å². The van der Waals surface area contributed by atoms with Crippen LogP contribution in [0.1, 0.15) is 34.1 Å². The summed E-state index contributed by atoms with van der Waals surface area (Å²) in [5.74, 6) is -0.139. The van der Waals surface area contributed by atoms with Crippen molar-refractivity contribution < 1.29 is 14.5 Å². The first-order valence-corrected chi connectivity index (χ1v) is 8.23. The number of ether oxygens (including phenoxy) is 1. The molecule has 1 aromatic heterocycles. The Morgan fingerprint density at radius 2 is 2.12 bits per heavy atom. The van der Waals surface area contributed by atoms with E-state index in [1.807, 2.05) is 45.0 Å². The lowest BCUT2D eigenvalue weighted by Gasteiger charge is -2.38. The average Bonchev–Trinajstić information content (AvgIpc) is 2.99. The molecular formula is C16H23N5O4. The lowest BCUT2D eigenvalue weighted by Crippen LogP contribution is -2.49. The van der Waals surface area contributed by atoms with Gasteiger partial charge in [-0.05, 0) is 32.6 Å². The summed E-state index contributed by atoms with van der Waals surface area (Å²) in [5.41, 5.74) is -0.723. The molecule has 25 heavy (non-hydrogen) atoms. The normalized spacial score (nSPS) is 23.0. The molecule has 0 N–H and O–H groups in total. The van der Waals surface area contributed by atoms with Crippen molar-refractivity contribution in [3.05, 3.63) is 28.7 Å². The number of nitro groups is 1. The third kappa shape index (κ3) is 3.45. The Morgan fingerprint density at radius 3 is 2.68 bits per heavy atom. The first-order chi connectivity index (χ1) is 11.6. The summed E-state index contributed by atoms with van der Waals surface area (Å²) in [4.78, 5) is 30.1. The summed E-state index contributed by atoms with van der Waals surface area (Å²) in [5, 5.41) is 10.8. The van der Waals surface area contributed by atoms with Crippen molar-refractivity contribution in [2.75, 3.05) is 13.1 Å². The zero-order valence-electron chi connectivity index (χ0n) is 14.9. The molecule has 0 saturated heterocycles.